The molecule has 3 aromatic carbocycles. The highest BCUT2D eigenvalue weighted by Crippen LogP contribution is 2.38. The Labute approximate surface area is 214 Å². The summed E-state index contributed by atoms with van der Waals surface area (Å²) in [7, 11) is 0. The normalized spacial score (nSPS) is 12.9. The summed E-state index contributed by atoms with van der Waals surface area (Å²) in [5.41, 5.74) is 2.45. The molecule has 1 N–H and O–H groups in total. The minimum Gasteiger partial charge on any atom is -0.346 e. The molecular formula is C26H19Cl2F3N2OS. The molecule has 0 fully saturated rings. The molecule has 0 aliphatic rings. The number of nitrogens with zero attached hydrogens (tertiary/aromatic N) is 1. The molecule has 1 aromatic heterocycles. The van der Waals surface area contributed by atoms with Gasteiger partial charge >= 0.3 is 6.18 Å². The summed E-state index contributed by atoms with van der Waals surface area (Å²) in [4.78, 5) is 17.2. The third-order valence-corrected chi connectivity index (χ3v) is 6.78. The molecule has 0 saturated heterocycles. The second-order valence-electron chi connectivity index (χ2n) is 7.91. The third kappa shape index (κ3) is 6.23. The molecule has 180 valence electrons. The van der Waals surface area contributed by atoms with Gasteiger partial charge in [0.1, 0.15) is 5.01 Å². The van der Waals surface area contributed by atoms with Gasteiger partial charge in [-0.1, -0.05) is 59.6 Å². The lowest BCUT2D eigenvalue weighted by Gasteiger charge is -2.18. The minimum atomic E-state index is -4.53. The van der Waals surface area contributed by atoms with Crippen LogP contribution in [0.2, 0.25) is 10.0 Å². The Bertz CT molecular complexity index is 1360. The van der Waals surface area contributed by atoms with Crippen molar-refractivity contribution in [3.05, 3.63) is 104 Å². The van der Waals surface area contributed by atoms with Gasteiger partial charge in [0.25, 0.3) is 5.91 Å². The van der Waals surface area contributed by atoms with Gasteiger partial charge < -0.3 is 5.32 Å². The fourth-order valence-corrected chi connectivity index (χ4v) is 5.11. The zero-order valence-corrected chi connectivity index (χ0v) is 20.7. The number of thiazole rings is 1. The van der Waals surface area contributed by atoms with Crippen molar-refractivity contribution >= 4 is 56.7 Å². The molecule has 1 atom stereocenters. The van der Waals surface area contributed by atoms with Crippen molar-refractivity contribution in [3.8, 4) is 0 Å². The maximum absolute atomic E-state index is 13.7. The number of halogens is 5. The zero-order valence-electron chi connectivity index (χ0n) is 18.4. The van der Waals surface area contributed by atoms with E-state index in [1.54, 1.807) is 25.1 Å². The maximum Gasteiger partial charge on any atom is 0.399 e. The maximum atomic E-state index is 13.7. The van der Waals surface area contributed by atoms with Gasteiger partial charge in [-0.15, -0.1) is 11.3 Å². The number of para-hydroxylation sites is 1. The van der Waals surface area contributed by atoms with Gasteiger partial charge in [0.2, 0.25) is 0 Å². The van der Waals surface area contributed by atoms with Gasteiger partial charge in [-0.25, -0.2) is 4.98 Å². The predicted molar refractivity (Wildman–Crippen MR) is 136 cm³/mol. The average Bonchev–Trinajstić information content (AvgIpc) is 3.19. The SMILES string of the molecule is Cc1cc(C=CC(c2cc(Cl)cc(Cl)c2)C(F)(F)F)ccc1C(=O)NCc1nc2ccccc2s1. The van der Waals surface area contributed by atoms with Crippen molar-refractivity contribution in [2.24, 2.45) is 0 Å². The van der Waals surface area contributed by atoms with Gasteiger partial charge in [-0.2, -0.15) is 13.2 Å². The number of fused-ring (bicyclic) bond motifs is 1. The van der Waals surface area contributed by atoms with E-state index in [1.807, 2.05) is 24.3 Å². The number of aryl methyl sites for hydroxylation is 1. The molecule has 3 nitrogen and oxygen atoms in total. The molecule has 0 aliphatic carbocycles. The summed E-state index contributed by atoms with van der Waals surface area (Å²) in [6.45, 7) is 2.02. The Balaban J connectivity index is 1.48. The molecule has 1 amide bonds. The highest BCUT2D eigenvalue weighted by molar-refractivity contribution is 7.18. The summed E-state index contributed by atoms with van der Waals surface area (Å²) in [5.74, 6) is -2.16. The summed E-state index contributed by atoms with van der Waals surface area (Å²) in [6.07, 6.45) is -2.09. The van der Waals surface area contributed by atoms with Crippen LogP contribution in [-0.4, -0.2) is 17.1 Å². The van der Waals surface area contributed by atoms with Crippen molar-refractivity contribution in [1.29, 1.82) is 0 Å². The molecule has 35 heavy (non-hydrogen) atoms. The van der Waals surface area contributed by atoms with Crippen LogP contribution in [0.25, 0.3) is 16.3 Å². The third-order valence-electron chi connectivity index (χ3n) is 5.31. The quantitative estimate of drug-likeness (QED) is 0.271. The van der Waals surface area contributed by atoms with Crippen molar-refractivity contribution in [2.75, 3.05) is 0 Å². The smallest absolute Gasteiger partial charge is 0.346 e. The van der Waals surface area contributed by atoms with Crippen LogP contribution in [0, 0.1) is 6.92 Å². The monoisotopic (exact) mass is 534 g/mol. The van der Waals surface area contributed by atoms with Crippen LogP contribution in [0.1, 0.15) is 38.0 Å². The molecule has 1 unspecified atom stereocenters. The number of carbonyl (C=O) groups excluding carboxylic acids is 1. The van der Waals surface area contributed by atoms with Gasteiger partial charge in [0, 0.05) is 15.6 Å². The summed E-state index contributed by atoms with van der Waals surface area (Å²) < 4.78 is 42.2. The Morgan fingerprint density at radius 2 is 1.80 bits per heavy atom. The topological polar surface area (TPSA) is 42.0 Å². The first-order valence-electron chi connectivity index (χ1n) is 10.5. The lowest BCUT2D eigenvalue weighted by Crippen LogP contribution is -2.23. The highest BCUT2D eigenvalue weighted by Gasteiger charge is 2.39. The molecule has 0 bridgehead atoms. The lowest BCUT2D eigenvalue weighted by molar-refractivity contribution is -0.139. The minimum absolute atomic E-state index is 0.0474. The highest BCUT2D eigenvalue weighted by atomic mass is 35.5. The van der Waals surface area contributed by atoms with Crippen LogP contribution >= 0.6 is 34.5 Å². The summed E-state index contributed by atoms with van der Waals surface area (Å²) in [6, 6.07) is 16.5. The van der Waals surface area contributed by atoms with Crippen molar-refractivity contribution in [2.45, 2.75) is 25.6 Å². The fraction of sp³-hybridized carbons (Fsp3) is 0.154. The van der Waals surface area contributed by atoms with E-state index in [9.17, 15) is 18.0 Å². The van der Waals surface area contributed by atoms with E-state index in [1.165, 1.54) is 35.6 Å². The Morgan fingerprint density at radius 3 is 2.46 bits per heavy atom. The van der Waals surface area contributed by atoms with E-state index >= 15 is 0 Å². The molecule has 4 aromatic rings. The van der Waals surface area contributed by atoms with E-state index in [0.29, 0.717) is 16.7 Å². The van der Waals surface area contributed by atoms with Crippen LogP contribution in [-0.2, 0) is 6.54 Å². The van der Waals surface area contributed by atoms with E-state index in [-0.39, 0.29) is 28.1 Å². The van der Waals surface area contributed by atoms with E-state index < -0.39 is 12.1 Å². The van der Waals surface area contributed by atoms with Crippen LogP contribution in [0.5, 0.6) is 0 Å². The predicted octanol–water partition coefficient (Wildman–Crippen LogP) is 8.20. The molecular weight excluding hydrogens is 516 g/mol. The van der Waals surface area contributed by atoms with Crippen LogP contribution in [0.15, 0.2) is 66.7 Å². The number of aromatic nitrogens is 1. The van der Waals surface area contributed by atoms with Crippen LogP contribution < -0.4 is 5.32 Å². The number of allylic oxidation sites excluding steroid dienone is 1. The molecule has 0 radical (unpaired) electrons. The van der Waals surface area contributed by atoms with E-state index in [2.05, 4.69) is 10.3 Å². The first-order valence-corrected chi connectivity index (χ1v) is 12.1. The Hall–Kier alpha value is -2.87. The van der Waals surface area contributed by atoms with Gasteiger partial charge in [0.15, 0.2) is 0 Å². The zero-order chi connectivity index (χ0) is 25.2. The second-order valence-corrected chi connectivity index (χ2v) is 9.90. The van der Waals surface area contributed by atoms with Gasteiger partial charge in [0.05, 0.1) is 22.7 Å². The Morgan fingerprint density at radius 1 is 1.09 bits per heavy atom. The van der Waals surface area contributed by atoms with Gasteiger partial charge in [-0.05, 0) is 60.0 Å². The van der Waals surface area contributed by atoms with Gasteiger partial charge in [-0.3, -0.25) is 4.79 Å². The number of amides is 1. The number of rotatable bonds is 6. The summed E-state index contributed by atoms with van der Waals surface area (Å²) >= 11 is 13.3. The van der Waals surface area contributed by atoms with Crippen molar-refractivity contribution in [3.63, 3.8) is 0 Å². The fourth-order valence-electron chi connectivity index (χ4n) is 3.66. The second kappa shape index (κ2) is 10.4. The number of hydrogen-bond donors (Lipinski definition) is 1. The number of benzene rings is 3. The molecule has 4 rings (SSSR count). The largest absolute Gasteiger partial charge is 0.399 e. The Kier molecular flexibility index (Phi) is 7.50. The first kappa shape index (κ1) is 25.2. The molecule has 0 saturated carbocycles. The number of hydrogen-bond acceptors (Lipinski definition) is 3. The van der Waals surface area contributed by atoms with Crippen molar-refractivity contribution < 1.29 is 18.0 Å². The number of carbonyl (C=O) groups is 1. The number of alkyl halides is 3. The van der Waals surface area contributed by atoms with Crippen LogP contribution in [0.3, 0.4) is 0 Å². The first-order chi connectivity index (χ1) is 16.6. The molecule has 9 heteroatoms. The van der Waals surface area contributed by atoms with E-state index in [0.717, 1.165) is 21.3 Å². The summed E-state index contributed by atoms with van der Waals surface area (Å²) in [5, 5.41) is 3.91. The molecule has 0 aliphatic heterocycles. The average molecular weight is 535 g/mol. The molecule has 1 heterocycles. The molecule has 0 spiro atoms. The standard InChI is InChI=1S/C26H19Cl2F3N2OS/c1-15-10-16(7-9-21(26(29,30)31)17-11-18(27)13-19(28)12-17)6-8-20(15)25(34)32-14-24-33-22-4-2-3-5-23(22)35-24/h2-13,21H,14H2,1H3,(H,32,34). The van der Waals surface area contributed by atoms with Crippen molar-refractivity contribution in [1.82, 2.24) is 10.3 Å². The van der Waals surface area contributed by atoms with Crippen LogP contribution in [0.4, 0.5) is 13.2 Å². The van der Waals surface area contributed by atoms with E-state index in [4.69, 9.17) is 23.2 Å². The lowest BCUT2D eigenvalue weighted by atomic mass is 9.96. The number of nitrogens with one attached hydrogen (secondary N) is 1.